The van der Waals surface area contributed by atoms with E-state index < -0.39 is 0 Å². The Labute approximate surface area is 115 Å². The molecule has 0 spiro atoms. The van der Waals surface area contributed by atoms with E-state index in [0.29, 0.717) is 6.04 Å². The molecule has 1 aliphatic heterocycles. The first-order valence-corrected chi connectivity index (χ1v) is 6.80. The van der Waals surface area contributed by atoms with Crippen LogP contribution in [0.25, 0.3) is 0 Å². The highest BCUT2D eigenvalue weighted by Crippen LogP contribution is 2.25. The first-order chi connectivity index (χ1) is 9.26. The lowest BCUT2D eigenvalue weighted by Crippen LogP contribution is -2.31. The van der Waals surface area contributed by atoms with Crippen molar-refractivity contribution in [2.45, 2.75) is 19.4 Å². The number of methoxy groups -OCH3 is 1. The molecule has 0 fully saturated rings. The molecule has 1 aromatic heterocycles. The second-order valence-electron chi connectivity index (χ2n) is 4.92. The van der Waals surface area contributed by atoms with E-state index in [1.54, 1.807) is 7.11 Å². The average Bonchev–Trinajstić information content (AvgIpc) is 2.47. The zero-order chi connectivity index (χ0) is 13.7. The van der Waals surface area contributed by atoms with Gasteiger partial charge in [0.05, 0.1) is 6.61 Å². The van der Waals surface area contributed by atoms with Crippen molar-refractivity contribution >= 4 is 5.82 Å². The summed E-state index contributed by atoms with van der Waals surface area (Å²) in [6.45, 7) is 4.83. The smallest absolute Gasteiger partial charge is 0.133 e. The molecule has 104 valence electrons. The molecule has 4 heteroatoms. The predicted molar refractivity (Wildman–Crippen MR) is 78.5 cm³/mol. The van der Waals surface area contributed by atoms with Gasteiger partial charge in [-0.1, -0.05) is 12.1 Å². The first-order valence-electron chi connectivity index (χ1n) is 6.80. The molecule has 1 aromatic rings. The fourth-order valence-electron chi connectivity index (χ4n) is 2.39. The summed E-state index contributed by atoms with van der Waals surface area (Å²) in [5.41, 5.74) is 2.64. The molecule has 1 aliphatic rings. The molecule has 0 saturated carbocycles. The standard InChI is InChI=1S/C15H23N3O/c1-12(16-2)14-5-4-8-17-15(14)18-9-6-13(7-10-18)11-19-3/h4-6,8,12,16H,7,9-11H2,1-3H3. The molecule has 0 amide bonds. The molecule has 4 nitrogen and oxygen atoms in total. The normalized spacial score (nSPS) is 17.2. The number of nitrogens with one attached hydrogen (secondary N) is 1. The number of anilines is 1. The van der Waals surface area contributed by atoms with Gasteiger partial charge in [-0.15, -0.1) is 0 Å². The second-order valence-corrected chi connectivity index (χ2v) is 4.92. The molecule has 0 bridgehead atoms. The van der Waals surface area contributed by atoms with Crippen LogP contribution in [0.15, 0.2) is 30.0 Å². The lowest BCUT2D eigenvalue weighted by molar-refractivity contribution is 0.222. The summed E-state index contributed by atoms with van der Waals surface area (Å²) >= 11 is 0. The zero-order valence-corrected chi connectivity index (χ0v) is 12.0. The maximum atomic E-state index is 5.19. The summed E-state index contributed by atoms with van der Waals surface area (Å²) in [6.07, 6.45) is 5.18. The molecule has 0 radical (unpaired) electrons. The van der Waals surface area contributed by atoms with E-state index in [-0.39, 0.29) is 0 Å². The predicted octanol–water partition coefficient (Wildman–Crippen LogP) is 2.14. The van der Waals surface area contributed by atoms with Crippen LogP contribution in [0.5, 0.6) is 0 Å². The summed E-state index contributed by atoms with van der Waals surface area (Å²) in [6, 6.07) is 4.47. The van der Waals surface area contributed by atoms with Crippen molar-refractivity contribution in [1.82, 2.24) is 10.3 Å². The van der Waals surface area contributed by atoms with Gasteiger partial charge >= 0.3 is 0 Å². The van der Waals surface area contributed by atoms with Crippen LogP contribution >= 0.6 is 0 Å². The minimum atomic E-state index is 0.313. The van der Waals surface area contributed by atoms with Crippen LogP contribution in [0.2, 0.25) is 0 Å². The van der Waals surface area contributed by atoms with E-state index in [9.17, 15) is 0 Å². The maximum absolute atomic E-state index is 5.19. The molecule has 0 aromatic carbocycles. The van der Waals surface area contributed by atoms with Gasteiger partial charge in [0.1, 0.15) is 5.82 Å². The van der Waals surface area contributed by atoms with Gasteiger partial charge in [-0.2, -0.15) is 0 Å². The van der Waals surface area contributed by atoms with Crippen LogP contribution in [0.4, 0.5) is 5.82 Å². The highest BCUT2D eigenvalue weighted by atomic mass is 16.5. The lowest BCUT2D eigenvalue weighted by Gasteiger charge is -2.30. The Morgan fingerprint density at radius 3 is 3.00 bits per heavy atom. The van der Waals surface area contributed by atoms with E-state index >= 15 is 0 Å². The van der Waals surface area contributed by atoms with Crippen molar-refractivity contribution in [2.24, 2.45) is 0 Å². The van der Waals surface area contributed by atoms with Crippen molar-refractivity contribution in [3.8, 4) is 0 Å². The number of pyridine rings is 1. The Hall–Kier alpha value is -1.39. The summed E-state index contributed by atoms with van der Waals surface area (Å²) in [5, 5.41) is 3.29. The van der Waals surface area contributed by atoms with Gasteiger partial charge in [-0.25, -0.2) is 4.98 Å². The van der Waals surface area contributed by atoms with Gasteiger partial charge in [0.15, 0.2) is 0 Å². The van der Waals surface area contributed by atoms with Crippen LogP contribution in [-0.2, 0) is 4.74 Å². The van der Waals surface area contributed by atoms with Gasteiger partial charge in [0.2, 0.25) is 0 Å². The number of hydrogen-bond donors (Lipinski definition) is 1. The van der Waals surface area contributed by atoms with Crippen molar-refractivity contribution in [1.29, 1.82) is 0 Å². The van der Waals surface area contributed by atoms with Crippen LogP contribution in [-0.4, -0.2) is 38.8 Å². The van der Waals surface area contributed by atoms with Gasteiger partial charge < -0.3 is 15.0 Å². The van der Waals surface area contributed by atoms with Crippen LogP contribution in [0.1, 0.15) is 24.9 Å². The topological polar surface area (TPSA) is 37.4 Å². The Morgan fingerprint density at radius 1 is 1.53 bits per heavy atom. The Bertz CT molecular complexity index is 445. The van der Waals surface area contributed by atoms with Crippen LogP contribution in [0.3, 0.4) is 0 Å². The number of aromatic nitrogens is 1. The fourth-order valence-corrected chi connectivity index (χ4v) is 2.39. The number of rotatable bonds is 5. The van der Waals surface area contributed by atoms with Crippen molar-refractivity contribution < 1.29 is 4.74 Å². The Kier molecular flexibility index (Phi) is 4.93. The van der Waals surface area contributed by atoms with E-state index in [4.69, 9.17) is 4.74 Å². The third-order valence-electron chi connectivity index (χ3n) is 3.65. The highest BCUT2D eigenvalue weighted by molar-refractivity contribution is 5.50. The van der Waals surface area contributed by atoms with E-state index in [0.717, 1.165) is 31.9 Å². The molecule has 0 aliphatic carbocycles. The van der Waals surface area contributed by atoms with E-state index in [1.165, 1.54) is 11.1 Å². The van der Waals surface area contributed by atoms with Gasteiger partial charge in [0, 0.05) is 38.0 Å². The Morgan fingerprint density at radius 2 is 2.37 bits per heavy atom. The summed E-state index contributed by atoms with van der Waals surface area (Å²) in [5.74, 6) is 1.09. The third kappa shape index (κ3) is 3.33. The minimum absolute atomic E-state index is 0.313. The number of nitrogens with zero attached hydrogens (tertiary/aromatic N) is 2. The van der Waals surface area contributed by atoms with E-state index in [1.807, 2.05) is 19.3 Å². The summed E-state index contributed by atoms with van der Waals surface area (Å²) in [4.78, 5) is 6.90. The largest absolute Gasteiger partial charge is 0.380 e. The molecule has 2 rings (SSSR count). The molecule has 1 N–H and O–H groups in total. The van der Waals surface area contributed by atoms with Crippen molar-refractivity contribution in [2.75, 3.05) is 38.8 Å². The quantitative estimate of drug-likeness (QED) is 0.824. The second kappa shape index (κ2) is 6.68. The third-order valence-corrected chi connectivity index (χ3v) is 3.65. The fraction of sp³-hybridized carbons (Fsp3) is 0.533. The SMILES string of the molecule is CNC(C)c1cccnc1N1CC=C(COC)CC1. The highest BCUT2D eigenvalue weighted by Gasteiger charge is 2.18. The maximum Gasteiger partial charge on any atom is 0.133 e. The van der Waals surface area contributed by atoms with Crippen molar-refractivity contribution in [3.05, 3.63) is 35.5 Å². The monoisotopic (exact) mass is 261 g/mol. The number of hydrogen-bond acceptors (Lipinski definition) is 4. The van der Waals surface area contributed by atoms with Gasteiger partial charge in [-0.3, -0.25) is 0 Å². The molecule has 2 heterocycles. The summed E-state index contributed by atoms with van der Waals surface area (Å²) in [7, 11) is 3.73. The van der Waals surface area contributed by atoms with Crippen LogP contribution < -0.4 is 10.2 Å². The molecule has 0 saturated heterocycles. The number of ether oxygens (including phenoxy) is 1. The lowest BCUT2D eigenvalue weighted by atomic mass is 10.1. The minimum Gasteiger partial charge on any atom is -0.380 e. The Balaban J connectivity index is 2.15. The summed E-state index contributed by atoms with van der Waals surface area (Å²) < 4.78 is 5.19. The molecule has 1 atom stereocenters. The van der Waals surface area contributed by atoms with E-state index in [2.05, 4.69) is 34.3 Å². The average molecular weight is 261 g/mol. The molecule has 1 unspecified atom stereocenters. The molecular weight excluding hydrogens is 238 g/mol. The molecular formula is C15H23N3O. The van der Waals surface area contributed by atoms with Crippen LogP contribution in [0, 0.1) is 0 Å². The van der Waals surface area contributed by atoms with Gasteiger partial charge in [0.25, 0.3) is 0 Å². The first kappa shape index (κ1) is 14.0. The van der Waals surface area contributed by atoms with Gasteiger partial charge in [-0.05, 0) is 32.0 Å². The zero-order valence-electron chi connectivity index (χ0n) is 12.0. The molecule has 19 heavy (non-hydrogen) atoms. The van der Waals surface area contributed by atoms with Crippen molar-refractivity contribution in [3.63, 3.8) is 0 Å².